The van der Waals surface area contributed by atoms with Gasteiger partial charge in [-0.25, -0.2) is 4.99 Å². The summed E-state index contributed by atoms with van der Waals surface area (Å²) in [7, 11) is 0. The fourth-order valence-electron chi connectivity index (χ4n) is 2.25. The molecule has 0 aromatic heterocycles. The summed E-state index contributed by atoms with van der Waals surface area (Å²) in [5, 5.41) is 12.0. The molecule has 2 aromatic carbocycles. The second-order valence-corrected chi connectivity index (χ2v) is 4.76. The molecule has 0 saturated carbocycles. The summed E-state index contributed by atoms with van der Waals surface area (Å²) in [6.45, 7) is 0. The van der Waals surface area contributed by atoms with Crippen LogP contribution in [0, 0.1) is 0 Å². The zero-order valence-electron chi connectivity index (χ0n) is 10.8. The van der Waals surface area contributed by atoms with Crippen molar-refractivity contribution in [3.8, 4) is 0 Å². The molecule has 1 heterocycles. The van der Waals surface area contributed by atoms with Gasteiger partial charge in [0.2, 0.25) is 0 Å². The molecule has 4 nitrogen and oxygen atoms in total. The van der Waals surface area contributed by atoms with E-state index in [0.29, 0.717) is 0 Å². The van der Waals surface area contributed by atoms with Crippen LogP contribution in [-0.4, -0.2) is 16.9 Å². The van der Waals surface area contributed by atoms with E-state index in [1.165, 1.54) is 5.56 Å². The Kier molecular flexibility index (Phi) is 3.21. The fourth-order valence-corrected chi connectivity index (χ4v) is 2.25. The zero-order chi connectivity index (χ0) is 13.9. The van der Waals surface area contributed by atoms with Gasteiger partial charge in [0.25, 0.3) is 0 Å². The van der Waals surface area contributed by atoms with Gasteiger partial charge in [-0.2, -0.15) is 0 Å². The lowest BCUT2D eigenvalue weighted by molar-refractivity contribution is -0.136. The molecule has 3 rings (SSSR count). The van der Waals surface area contributed by atoms with Crippen LogP contribution in [0.1, 0.15) is 11.1 Å². The number of para-hydroxylation sites is 1. The number of hydrogen-bond acceptors (Lipinski definition) is 3. The van der Waals surface area contributed by atoms with Gasteiger partial charge in [0.1, 0.15) is 5.84 Å². The third-order valence-corrected chi connectivity index (χ3v) is 3.20. The number of fused-ring (bicyclic) bond motifs is 1. The second kappa shape index (κ2) is 5.17. The predicted octanol–water partition coefficient (Wildman–Crippen LogP) is 3.01. The molecule has 0 bridgehead atoms. The van der Waals surface area contributed by atoms with Crippen molar-refractivity contribution < 1.29 is 9.90 Å². The summed E-state index contributed by atoms with van der Waals surface area (Å²) in [6.07, 6.45) is 0.847. The number of anilines is 1. The maximum atomic E-state index is 10.6. The number of benzene rings is 2. The van der Waals surface area contributed by atoms with Crippen LogP contribution in [0.4, 0.5) is 11.4 Å². The molecule has 1 aliphatic rings. The standard InChI is InChI=1S/C16H14N2O2/c19-16(20)9-11-5-7-13(8-6-11)17-15-10-12-3-1-2-4-14(12)18-15/h1-8H,9-10H2,(H,17,18)(H,19,20). The number of rotatable bonds is 3. The van der Waals surface area contributed by atoms with E-state index in [1.54, 1.807) is 0 Å². The SMILES string of the molecule is O=C(O)Cc1ccc(NC2=Nc3ccccc3C2)cc1. The first-order valence-corrected chi connectivity index (χ1v) is 6.44. The van der Waals surface area contributed by atoms with Gasteiger partial charge in [-0.3, -0.25) is 4.79 Å². The molecular formula is C16H14N2O2. The molecule has 0 spiro atoms. The molecule has 100 valence electrons. The second-order valence-electron chi connectivity index (χ2n) is 4.76. The number of amidine groups is 1. The van der Waals surface area contributed by atoms with E-state index in [1.807, 2.05) is 42.5 Å². The van der Waals surface area contributed by atoms with E-state index in [-0.39, 0.29) is 6.42 Å². The Labute approximate surface area is 116 Å². The molecule has 0 saturated heterocycles. The molecular weight excluding hydrogens is 252 g/mol. The topological polar surface area (TPSA) is 61.7 Å². The molecule has 1 aliphatic heterocycles. The minimum Gasteiger partial charge on any atom is -0.481 e. The Morgan fingerprint density at radius 3 is 2.60 bits per heavy atom. The highest BCUT2D eigenvalue weighted by Gasteiger charge is 2.13. The van der Waals surface area contributed by atoms with Crippen molar-refractivity contribution in [3.63, 3.8) is 0 Å². The van der Waals surface area contributed by atoms with Crippen molar-refractivity contribution in [1.29, 1.82) is 0 Å². The van der Waals surface area contributed by atoms with Crippen LogP contribution in [0.5, 0.6) is 0 Å². The van der Waals surface area contributed by atoms with Crippen LogP contribution < -0.4 is 5.32 Å². The number of nitrogens with zero attached hydrogens (tertiary/aromatic N) is 1. The van der Waals surface area contributed by atoms with Gasteiger partial charge in [0, 0.05) is 12.1 Å². The lowest BCUT2D eigenvalue weighted by atomic mass is 10.1. The monoisotopic (exact) mass is 266 g/mol. The van der Waals surface area contributed by atoms with E-state index in [2.05, 4.69) is 16.4 Å². The third kappa shape index (κ3) is 2.69. The minimum atomic E-state index is -0.818. The minimum absolute atomic E-state index is 0.0483. The average Bonchev–Trinajstić information content (AvgIpc) is 2.82. The summed E-state index contributed by atoms with van der Waals surface area (Å²) in [5.41, 5.74) is 3.94. The highest BCUT2D eigenvalue weighted by atomic mass is 16.4. The summed E-state index contributed by atoms with van der Waals surface area (Å²) in [6, 6.07) is 15.5. The van der Waals surface area contributed by atoms with Gasteiger partial charge in [-0.1, -0.05) is 30.3 Å². The number of aliphatic carboxylic acids is 1. The van der Waals surface area contributed by atoms with Crippen LogP contribution in [-0.2, 0) is 17.6 Å². The molecule has 20 heavy (non-hydrogen) atoms. The molecule has 0 unspecified atom stereocenters. The van der Waals surface area contributed by atoms with Gasteiger partial charge in [0.05, 0.1) is 12.1 Å². The van der Waals surface area contributed by atoms with Crippen LogP contribution >= 0.6 is 0 Å². The van der Waals surface area contributed by atoms with Crippen molar-refractivity contribution in [3.05, 3.63) is 59.7 Å². The van der Waals surface area contributed by atoms with Crippen LogP contribution in [0.25, 0.3) is 0 Å². The van der Waals surface area contributed by atoms with Crippen molar-refractivity contribution in [2.45, 2.75) is 12.8 Å². The summed E-state index contributed by atoms with van der Waals surface area (Å²) in [4.78, 5) is 15.2. The Balaban J connectivity index is 1.69. The zero-order valence-corrected chi connectivity index (χ0v) is 10.8. The van der Waals surface area contributed by atoms with E-state index in [0.717, 1.165) is 29.2 Å². The summed E-state index contributed by atoms with van der Waals surface area (Å²) >= 11 is 0. The Bertz CT molecular complexity index is 675. The van der Waals surface area contributed by atoms with E-state index < -0.39 is 5.97 Å². The molecule has 0 atom stereocenters. The smallest absolute Gasteiger partial charge is 0.307 e. The van der Waals surface area contributed by atoms with E-state index in [4.69, 9.17) is 5.11 Å². The number of carbonyl (C=O) groups is 1. The maximum Gasteiger partial charge on any atom is 0.307 e. The van der Waals surface area contributed by atoms with Gasteiger partial charge < -0.3 is 10.4 Å². The lowest BCUT2D eigenvalue weighted by Gasteiger charge is -2.06. The highest BCUT2D eigenvalue weighted by Crippen LogP contribution is 2.26. The molecule has 0 fully saturated rings. The first kappa shape index (κ1) is 12.4. The average molecular weight is 266 g/mol. The van der Waals surface area contributed by atoms with Gasteiger partial charge in [-0.15, -0.1) is 0 Å². The first-order valence-electron chi connectivity index (χ1n) is 6.44. The van der Waals surface area contributed by atoms with Crippen LogP contribution in [0.15, 0.2) is 53.5 Å². The predicted molar refractivity (Wildman–Crippen MR) is 78.6 cm³/mol. The first-order chi connectivity index (χ1) is 9.70. The Hall–Kier alpha value is -2.62. The largest absolute Gasteiger partial charge is 0.481 e. The third-order valence-electron chi connectivity index (χ3n) is 3.20. The van der Waals surface area contributed by atoms with E-state index >= 15 is 0 Å². The quantitative estimate of drug-likeness (QED) is 0.897. The Morgan fingerprint density at radius 1 is 1.15 bits per heavy atom. The maximum absolute atomic E-state index is 10.6. The van der Waals surface area contributed by atoms with Crippen molar-refractivity contribution in [2.24, 2.45) is 4.99 Å². The molecule has 2 N–H and O–H groups in total. The molecule has 0 radical (unpaired) electrons. The molecule has 4 heteroatoms. The van der Waals surface area contributed by atoms with Crippen molar-refractivity contribution in [1.82, 2.24) is 0 Å². The number of hydrogen-bond donors (Lipinski definition) is 2. The van der Waals surface area contributed by atoms with Crippen molar-refractivity contribution >= 4 is 23.2 Å². The summed E-state index contributed by atoms with van der Waals surface area (Å²) < 4.78 is 0. The molecule has 2 aromatic rings. The van der Waals surface area contributed by atoms with Gasteiger partial charge in [0.15, 0.2) is 0 Å². The summed E-state index contributed by atoms with van der Waals surface area (Å²) in [5.74, 6) is 0.0958. The van der Waals surface area contributed by atoms with Gasteiger partial charge in [-0.05, 0) is 29.3 Å². The Morgan fingerprint density at radius 2 is 1.90 bits per heavy atom. The van der Waals surface area contributed by atoms with Crippen LogP contribution in [0.2, 0.25) is 0 Å². The van der Waals surface area contributed by atoms with Gasteiger partial charge >= 0.3 is 5.97 Å². The molecule has 0 amide bonds. The number of aliphatic imine (C=N–C) groups is 1. The number of carboxylic acids is 1. The van der Waals surface area contributed by atoms with Crippen LogP contribution in [0.3, 0.4) is 0 Å². The number of carboxylic acid groups (broad SMARTS) is 1. The van der Waals surface area contributed by atoms with E-state index in [9.17, 15) is 4.79 Å². The normalized spacial score (nSPS) is 12.7. The highest BCUT2D eigenvalue weighted by molar-refractivity contribution is 6.01. The van der Waals surface area contributed by atoms with Crippen molar-refractivity contribution in [2.75, 3.05) is 5.32 Å². The lowest BCUT2D eigenvalue weighted by Crippen LogP contribution is -2.11. The fraction of sp³-hybridized carbons (Fsp3) is 0.125. The molecule has 0 aliphatic carbocycles. The number of nitrogens with one attached hydrogen (secondary N) is 1.